The molecule has 1 aliphatic carbocycles. The highest BCUT2D eigenvalue weighted by molar-refractivity contribution is 5.69. The fourth-order valence-corrected chi connectivity index (χ4v) is 3.41. The molecule has 6 nitrogen and oxygen atoms in total. The van der Waals surface area contributed by atoms with E-state index in [0.717, 1.165) is 36.5 Å². The molecule has 0 amide bonds. The Bertz CT molecular complexity index is 652. The predicted molar refractivity (Wildman–Crippen MR) is 74.7 cm³/mol. The smallest absolute Gasteiger partial charge is 0.200 e. The third-order valence-corrected chi connectivity index (χ3v) is 4.73. The fraction of sp³-hybridized carbons (Fsp3) is 0.643. The summed E-state index contributed by atoms with van der Waals surface area (Å²) in [5.74, 6) is 1.42. The summed E-state index contributed by atoms with van der Waals surface area (Å²) in [5.41, 5.74) is 2.96. The third kappa shape index (κ3) is 1.64. The SMILES string of the molecule is CC(C)c1cc(N2C[C@@H]3C[C@H](O)[C@@H]3C2)c2nncn2n1. The highest BCUT2D eigenvalue weighted by atomic mass is 16.3. The molecule has 20 heavy (non-hydrogen) atoms. The molecule has 3 heterocycles. The number of rotatable bonds is 2. The summed E-state index contributed by atoms with van der Waals surface area (Å²) < 4.78 is 1.77. The average Bonchev–Trinajstić information content (AvgIpc) is 3.00. The van der Waals surface area contributed by atoms with Crippen molar-refractivity contribution in [3.05, 3.63) is 18.1 Å². The van der Waals surface area contributed by atoms with Crippen LogP contribution in [0.2, 0.25) is 0 Å². The first-order valence-electron chi connectivity index (χ1n) is 7.27. The van der Waals surface area contributed by atoms with E-state index in [2.05, 4.69) is 40.1 Å². The quantitative estimate of drug-likeness (QED) is 0.886. The molecule has 2 aromatic heterocycles. The molecule has 106 valence electrons. The lowest BCUT2D eigenvalue weighted by atomic mass is 9.74. The van der Waals surface area contributed by atoms with E-state index in [0.29, 0.717) is 17.8 Å². The monoisotopic (exact) mass is 273 g/mol. The Kier molecular flexibility index (Phi) is 2.51. The van der Waals surface area contributed by atoms with Gasteiger partial charge in [-0.05, 0) is 24.3 Å². The van der Waals surface area contributed by atoms with E-state index in [1.54, 1.807) is 10.8 Å². The number of hydrogen-bond acceptors (Lipinski definition) is 5. The van der Waals surface area contributed by atoms with E-state index in [1.165, 1.54) is 0 Å². The van der Waals surface area contributed by atoms with Crippen molar-refractivity contribution in [2.24, 2.45) is 11.8 Å². The van der Waals surface area contributed by atoms with Crippen molar-refractivity contribution in [2.75, 3.05) is 18.0 Å². The molecular formula is C14H19N5O. The van der Waals surface area contributed by atoms with Crippen LogP contribution in [-0.2, 0) is 0 Å². The topological polar surface area (TPSA) is 66.5 Å². The van der Waals surface area contributed by atoms with Gasteiger partial charge in [0.05, 0.1) is 17.5 Å². The second kappa shape index (κ2) is 4.15. The van der Waals surface area contributed by atoms with Crippen LogP contribution >= 0.6 is 0 Å². The van der Waals surface area contributed by atoms with Crippen molar-refractivity contribution in [3.63, 3.8) is 0 Å². The van der Waals surface area contributed by atoms with Crippen LogP contribution in [0, 0.1) is 11.8 Å². The maximum atomic E-state index is 9.83. The van der Waals surface area contributed by atoms with Crippen LogP contribution in [0.25, 0.3) is 5.65 Å². The zero-order valence-electron chi connectivity index (χ0n) is 11.8. The zero-order valence-corrected chi connectivity index (χ0v) is 11.8. The molecule has 1 N–H and O–H groups in total. The van der Waals surface area contributed by atoms with Gasteiger partial charge in [0.25, 0.3) is 0 Å². The molecule has 2 aliphatic rings. The van der Waals surface area contributed by atoms with Gasteiger partial charge in [0.1, 0.15) is 6.33 Å². The molecule has 3 atom stereocenters. The minimum atomic E-state index is -0.120. The molecule has 2 fully saturated rings. The van der Waals surface area contributed by atoms with Gasteiger partial charge in [-0.2, -0.15) is 9.61 Å². The second-order valence-corrected chi connectivity index (χ2v) is 6.34. The molecule has 0 spiro atoms. The van der Waals surface area contributed by atoms with Crippen LogP contribution in [0.15, 0.2) is 12.4 Å². The first kappa shape index (κ1) is 12.1. The number of fused-ring (bicyclic) bond motifs is 2. The highest BCUT2D eigenvalue weighted by Gasteiger charge is 2.46. The van der Waals surface area contributed by atoms with E-state index >= 15 is 0 Å². The van der Waals surface area contributed by atoms with Crippen molar-refractivity contribution in [2.45, 2.75) is 32.3 Å². The number of nitrogens with zero attached hydrogens (tertiary/aromatic N) is 5. The number of anilines is 1. The Labute approximate surface area is 117 Å². The first-order chi connectivity index (χ1) is 9.63. The number of hydrogen-bond donors (Lipinski definition) is 1. The molecule has 4 rings (SSSR count). The summed E-state index contributed by atoms with van der Waals surface area (Å²) in [4.78, 5) is 2.34. The molecule has 0 unspecified atom stereocenters. The van der Waals surface area contributed by atoms with Gasteiger partial charge in [0, 0.05) is 19.0 Å². The van der Waals surface area contributed by atoms with E-state index in [1.807, 2.05) is 0 Å². The lowest BCUT2D eigenvalue weighted by molar-refractivity contribution is -0.00398. The van der Waals surface area contributed by atoms with Crippen LogP contribution in [-0.4, -0.2) is 44.1 Å². The standard InChI is InChI=1S/C14H19N5O/c1-8(2)11-4-12(14-16-15-7-19(14)17-11)18-5-9-3-13(20)10(9)6-18/h4,7-10,13,20H,3,5-6H2,1-2H3/t9-,10+,13-/m0/s1. The summed E-state index contributed by atoms with van der Waals surface area (Å²) in [6.07, 6.45) is 2.47. The molecule has 6 heteroatoms. The van der Waals surface area contributed by atoms with Crippen LogP contribution in [0.4, 0.5) is 5.69 Å². The summed E-state index contributed by atoms with van der Waals surface area (Å²) in [5, 5.41) is 22.6. The van der Waals surface area contributed by atoms with E-state index < -0.39 is 0 Å². The fourth-order valence-electron chi connectivity index (χ4n) is 3.41. The van der Waals surface area contributed by atoms with Gasteiger partial charge >= 0.3 is 0 Å². The van der Waals surface area contributed by atoms with Crippen molar-refractivity contribution in [1.29, 1.82) is 0 Å². The normalized spacial score (nSPS) is 29.0. The Balaban J connectivity index is 1.76. The largest absolute Gasteiger partial charge is 0.393 e. The van der Waals surface area contributed by atoms with Gasteiger partial charge < -0.3 is 10.0 Å². The van der Waals surface area contributed by atoms with E-state index in [-0.39, 0.29) is 6.10 Å². The summed E-state index contributed by atoms with van der Waals surface area (Å²) >= 11 is 0. The Hall–Kier alpha value is -1.69. The van der Waals surface area contributed by atoms with Gasteiger partial charge in [-0.25, -0.2) is 0 Å². The van der Waals surface area contributed by atoms with Crippen molar-refractivity contribution in [1.82, 2.24) is 19.8 Å². The number of aliphatic hydroxyl groups excluding tert-OH is 1. The minimum absolute atomic E-state index is 0.120. The lowest BCUT2D eigenvalue weighted by Gasteiger charge is -2.34. The summed E-state index contributed by atoms with van der Waals surface area (Å²) in [7, 11) is 0. The zero-order chi connectivity index (χ0) is 13.9. The van der Waals surface area contributed by atoms with Crippen LogP contribution in [0.5, 0.6) is 0 Å². The molecule has 2 aromatic rings. The third-order valence-electron chi connectivity index (χ3n) is 4.73. The molecule has 0 aromatic carbocycles. The molecule has 0 bridgehead atoms. The molecule has 0 radical (unpaired) electrons. The maximum absolute atomic E-state index is 9.83. The van der Waals surface area contributed by atoms with Crippen molar-refractivity contribution >= 4 is 11.3 Å². The van der Waals surface area contributed by atoms with E-state index in [4.69, 9.17) is 0 Å². The molecule has 1 aliphatic heterocycles. The van der Waals surface area contributed by atoms with Gasteiger partial charge in [-0.15, -0.1) is 10.2 Å². The second-order valence-electron chi connectivity index (χ2n) is 6.34. The van der Waals surface area contributed by atoms with Gasteiger partial charge in [0.15, 0.2) is 0 Å². The maximum Gasteiger partial charge on any atom is 0.200 e. The average molecular weight is 273 g/mol. The Morgan fingerprint density at radius 1 is 1.35 bits per heavy atom. The van der Waals surface area contributed by atoms with Gasteiger partial charge in [0.2, 0.25) is 5.65 Å². The first-order valence-corrected chi connectivity index (χ1v) is 7.27. The minimum Gasteiger partial charge on any atom is -0.393 e. The van der Waals surface area contributed by atoms with Gasteiger partial charge in [-0.3, -0.25) is 0 Å². The van der Waals surface area contributed by atoms with E-state index in [9.17, 15) is 5.11 Å². The molecule has 1 saturated heterocycles. The van der Waals surface area contributed by atoms with Crippen LogP contribution in [0.1, 0.15) is 31.9 Å². The molecular weight excluding hydrogens is 254 g/mol. The highest BCUT2D eigenvalue weighted by Crippen LogP contribution is 2.43. The van der Waals surface area contributed by atoms with Crippen molar-refractivity contribution < 1.29 is 5.11 Å². The number of aromatic nitrogens is 4. The number of aliphatic hydroxyl groups is 1. The summed E-state index contributed by atoms with van der Waals surface area (Å²) in [6.45, 7) is 6.20. The van der Waals surface area contributed by atoms with Crippen LogP contribution in [0.3, 0.4) is 0 Å². The Morgan fingerprint density at radius 2 is 2.20 bits per heavy atom. The van der Waals surface area contributed by atoms with Crippen molar-refractivity contribution in [3.8, 4) is 0 Å². The van der Waals surface area contributed by atoms with Crippen LogP contribution < -0.4 is 4.90 Å². The predicted octanol–water partition coefficient (Wildman–Crippen LogP) is 1.06. The lowest BCUT2D eigenvalue weighted by Crippen LogP contribution is -2.39. The Morgan fingerprint density at radius 3 is 2.90 bits per heavy atom. The summed E-state index contributed by atoms with van der Waals surface area (Å²) in [6, 6.07) is 2.13. The van der Waals surface area contributed by atoms with Gasteiger partial charge in [-0.1, -0.05) is 13.8 Å². The molecule has 1 saturated carbocycles.